The van der Waals surface area contributed by atoms with Gasteiger partial charge < -0.3 is 10.1 Å². The SMILES string of the molecule is CN1CCC(NC(=O)CCC(=O)OC(C)(C)C)C1c1ccc(Cl)cc1. The lowest BCUT2D eigenvalue weighted by Gasteiger charge is -2.26. The fraction of sp³-hybridized carbons (Fsp3) is 0.579. The molecule has 1 aromatic rings. The molecule has 1 N–H and O–H groups in total. The minimum absolute atomic E-state index is 0.0253. The molecule has 138 valence electrons. The van der Waals surface area contributed by atoms with E-state index >= 15 is 0 Å². The molecule has 1 heterocycles. The van der Waals surface area contributed by atoms with E-state index in [-0.39, 0.29) is 36.8 Å². The van der Waals surface area contributed by atoms with Crippen molar-refractivity contribution in [2.75, 3.05) is 13.6 Å². The van der Waals surface area contributed by atoms with Crippen LogP contribution < -0.4 is 5.32 Å². The van der Waals surface area contributed by atoms with Crippen molar-refractivity contribution in [1.29, 1.82) is 0 Å². The summed E-state index contributed by atoms with van der Waals surface area (Å²) in [4.78, 5) is 26.2. The number of carbonyl (C=O) groups is 2. The zero-order chi connectivity index (χ0) is 18.6. The van der Waals surface area contributed by atoms with Crippen molar-refractivity contribution in [1.82, 2.24) is 10.2 Å². The molecule has 0 bridgehead atoms. The van der Waals surface area contributed by atoms with Crippen molar-refractivity contribution in [3.63, 3.8) is 0 Å². The third-order valence-corrected chi connectivity index (χ3v) is 4.43. The first-order valence-electron chi connectivity index (χ1n) is 8.62. The van der Waals surface area contributed by atoms with E-state index in [0.717, 1.165) is 18.5 Å². The van der Waals surface area contributed by atoms with Gasteiger partial charge in [-0.3, -0.25) is 14.5 Å². The molecule has 0 saturated carbocycles. The molecule has 0 spiro atoms. The summed E-state index contributed by atoms with van der Waals surface area (Å²) < 4.78 is 5.24. The lowest BCUT2D eigenvalue weighted by atomic mass is 10.00. The Hall–Kier alpha value is -1.59. The maximum Gasteiger partial charge on any atom is 0.306 e. The lowest BCUT2D eigenvalue weighted by Crippen LogP contribution is -2.39. The Bertz CT molecular complexity index is 610. The number of likely N-dealkylation sites (tertiary alicyclic amines) is 1. The van der Waals surface area contributed by atoms with E-state index in [4.69, 9.17) is 16.3 Å². The van der Waals surface area contributed by atoms with Gasteiger partial charge in [0.15, 0.2) is 0 Å². The summed E-state index contributed by atoms with van der Waals surface area (Å²) in [7, 11) is 2.05. The summed E-state index contributed by atoms with van der Waals surface area (Å²) in [5.74, 6) is -0.467. The average Bonchev–Trinajstić information content (AvgIpc) is 2.85. The maximum absolute atomic E-state index is 12.2. The maximum atomic E-state index is 12.2. The van der Waals surface area contributed by atoms with E-state index < -0.39 is 5.60 Å². The highest BCUT2D eigenvalue weighted by atomic mass is 35.5. The smallest absolute Gasteiger partial charge is 0.306 e. The minimum Gasteiger partial charge on any atom is -0.460 e. The number of esters is 1. The summed E-state index contributed by atoms with van der Waals surface area (Å²) in [6.07, 6.45) is 1.11. The number of carbonyl (C=O) groups excluding carboxylic acids is 2. The summed E-state index contributed by atoms with van der Waals surface area (Å²) in [6, 6.07) is 7.86. The predicted molar refractivity (Wildman–Crippen MR) is 98.4 cm³/mol. The molecular formula is C19H27ClN2O3. The zero-order valence-electron chi connectivity index (χ0n) is 15.3. The van der Waals surface area contributed by atoms with Crippen LogP contribution in [0.25, 0.3) is 0 Å². The van der Waals surface area contributed by atoms with Crippen LogP contribution in [0.1, 0.15) is 51.6 Å². The average molecular weight is 367 g/mol. The van der Waals surface area contributed by atoms with Gasteiger partial charge in [-0.05, 0) is 51.9 Å². The minimum atomic E-state index is -0.526. The topological polar surface area (TPSA) is 58.6 Å². The van der Waals surface area contributed by atoms with Gasteiger partial charge in [-0.25, -0.2) is 0 Å². The van der Waals surface area contributed by atoms with Crippen molar-refractivity contribution < 1.29 is 14.3 Å². The van der Waals surface area contributed by atoms with E-state index in [1.165, 1.54) is 0 Å². The first kappa shape index (κ1) is 19.7. The highest BCUT2D eigenvalue weighted by molar-refractivity contribution is 6.30. The van der Waals surface area contributed by atoms with Gasteiger partial charge in [-0.15, -0.1) is 0 Å². The number of halogens is 1. The molecule has 1 aliphatic rings. The van der Waals surface area contributed by atoms with Gasteiger partial charge in [0.2, 0.25) is 5.91 Å². The van der Waals surface area contributed by atoms with Crippen LogP contribution in [-0.2, 0) is 14.3 Å². The normalized spacial score (nSPS) is 21.2. The van der Waals surface area contributed by atoms with Crippen molar-refractivity contribution in [3.8, 4) is 0 Å². The summed E-state index contributed by atoms with van der Waals surface area (Å²) in [5.41, 5.74) is 0.600. The van der Waals surface area contributed by atoms with E-state index in [0.29, 0.717) is 5.02 Å². The number of hydrogen-bond acceptors (Lipinski definition) is 4. The van der Waals surface area contributed by atoms with Crippen molar-refractivity contribution in [2.45, 2.75) is 57.7 Å². The Morgan fingerprint density at radius 2 is 1.88 bits per heavy atom. The van der Waals surface area contributed by atoms with Gasteiger partial charge in [-0.1, -0.05) is 23.7 Å². The molecule has 25 heavy (non-hydrogen) atoms. The fourth-order valence-electron chi connectivity index (χ4n) is 3.13. The van der Waals surface area contributed by atoms with Crippen LogP contribution in [0.3, 0.4) is 0 Å². The van der Waals surface area contributed by atoms with Crippen LogP contribution in [0.15, 0.2) is 24.3 Å². The molecule has 6 heteroatoms. The van der Waals surface area contributed by atoms with Crippen LogP contribution in [0.4, 0.5) is 0 Å². The number of nitrogens with zero attached hydrogens (tertiary/aromatic N) is 1. The summed E-state index contributed by atoms with van der Waals surface area (Å²) >= 11 is 5.96. The van der Waals surface area contributed by atoms with Crippen LogP contribution >= 0.6 is 11.6 Å². The first-order chi connectivity index (χ1) is 11.7. The molecule has 1 fully saturated rings. The predicted octanol–water partition coefficient (Wildman–Crippen LogP) is 3.32. The van der Waals surface area contributed by atoms with E-state index in [1.54, 1.807) is 0 Å². The van der Waals surface area contributed by atoms with E-state index in [2.05, 4.69) is 10.2 Å². The largest absolute Gasteiger partial charge is 0.460 e. The van der Waals surface area contributed by atoms with Gasteiger partial charge in [0, 0.05) is 24.0 Å². The molecule has 2 atom stereocenters. The van der Waals surface area contributed by atoms with E-state index in [9.17, 15) is 9.59 Å². The number of nitrogens with one attached hydrogen (secondary N) is 1. The summed E-state index contributed by atoms with van der Waals surface area (Å²) in [5, 5.41) is 3.77. The Morgan fingerprint density at radius 3 is 2.48 bits per heavy atom. The molecule has 0 aliphatic carbocycles. The van der Waals surface area contributed by atoms with Crippen LogP contribution in [0.2, 0.25) is 5.02 Å². The third kappa shape index (κ3) is 6.01. The molecule has 0 radical (unpaired) electrons. The number of benzene rings is 1. The number of hydrogen-bond donors (Lipinski definition) is 1. The summed E-state index contributed by atoms with van der Waals surface area (Å²) in [6.45, 7) is 6.35. The standard InChI is InChI=1S/C19H27ClN2O3/c1-19(2,3)25-17(24)10-9-16(23)21-15-11-12-22(4)18(15)13-5-7-14(20)8-6-13/h5-8,15,18H,9-12H2,1-4H3,(H,21,23). The Kier molecular flexibility index (Phi) is 6.47. The van der Waals surface area contributed by atoms with Crippen LogP contribution in [0, 0.1) is 0 Å². The fourth-order valence-corrected chi connectivity index (χ4v) is 3.26. The number of rotatable bonds is 5. The zero-order valence-corrected chi connectivity index (χ0v) is 16.1. The molecule has 0 aromatic heterocycles. The van der Waals surface area contributed by atoms with Gasteiger partial charge in [0.05, 0.1) is 12.5 Å². The molecule has 1 saturated heterocycles. The second kappa shape index (κ2) is 8.19. The quantitative estimate of drug-likeness (QED) is 0.812. The monoisotopic (exact) mass is 366 g/mol. The van der Waals surface area contributed by atoms with Gasteiger partial charge in [0.1, 0.15) is 5.60 Å². The van der Waals surface area contributed by atoms with Gasteiger partial charge in [0.25, 0.3) is 0 Å². The number of ether oxygens (including phenoxy) is 1. The van der Waals surface area contributed by atoms with Crippen molar-refractivity contribution in [3.05, 3.63) is 34.9 Å². The van der Waals surface area contributed by atoms with Crippen molar-refractivity contribution >= 4 is 23.5 Å². The molecule has 2 unspecified atom stereocenters. The van der Waals surface area contributed by atoms with Crippen LogP contribution in [-0.4, -0.2) is 42.0 Å². The second-order valence-electron chi connectivity index (χ2n) is 7.53. The van der Waals surface area contributed by atoms with Gasteiger partial charge in [-0.2, -0.15) is 0 Å². The Labute approximate surface area is 154 Å². The molecule has 1 aliphatic heterocycles. The molecular weight excluding hydrogens is 340 g/mol. The van der Waals surface area contributed by atoms with Crippen LogP contribution in [0.5, 0.6) is 0 Å². The molecule has 1 aromatic carbocycles. The first-order valence-corrected chi connectivity index (χ1v) is 9.00. The third-order valence-electron chi connectivity index (χ3n) is 4.18. The Morgan fingerprint density at radius 1 is 1.24 bits per heavy atom. The number of amides is 1. The lowest BCUT2D eigenvalue weighted by molar-refractivity contribution is -0.155. The van der Waals surface area contributed by atoms with Crippen molar-refractivity contribution in [2.24, 2.45) is 0 Å². The van der Waals surface area contributed by atoms with E-state index in [1.807, 2.05) is 52.1 Å². The molecule has 1 amide bonds. The Balaban J connectivity index is 1.90. The molecule has 5 nitrogen and oxygen atoms in total. The number of likely N-dealkylation sites (N-methyl/N-ethyl adjacent to an activating group) is 1. The second-order valence-corrected chi connectivity index (χ2v) is 7.96. The highest BCUT2D eigenvalue weighted by Gasteiger charge is 2.34. The highest BCUT2D eigenvalue weighted by Crippen LogP contribution is 2.31. The van der Waals surface area contributed by atoms with Gasteiger partial charge >= 0.3 is 5.97 Å². The molecule has 2 rings (SSSR count).